The zero-order valence-corrected chi connectivity index (χ0v) is 18.0. The van der Waals surface area contributed by atoms with E-state index in [9.17, 15) is 9.59 Å². The van der Waals surface area contributed by atoms with Crippen LogP contribution in [0.1, 0.15) is 19.4 Å². The van der Waals surface area contributed by atoms with E-state index < -0.39 is 17.5 Å². The van der Waals surface area contributed by atoms with Crippen LogP contribution in [0.5, 0.6) is 5.75 Å². The van der Waals surface area contributed by atoms with Crippen molar-refractivity contribution in [2.24, 2.45) is 5.92 Å². The van der Waals surface area contributed by atoms with Crippen LogP contribution in [0.2, 0.25) is 0 Å². The Hall–Kier alpha value is -3.92. The van der Waals surface area contributed by atoms with Crippen molar-refractivity contribution in [3.05, 3.63) is 75.1 Å². The minimum atomic E-state index is -0.702. The maximum absolute atomic E-state index is 12.5. The number of hydrogen-bond acceptors (Lipinski definition) is 7. The fraction of sp³-hybridized carbons (Fsp3) is 0.250. The van der Waals surface area contributed by atoms with Crippen molar-refractivity contribution in [2.45, 2.75) is 13.8 Å². The summed E-state index contributed by atoms with van der Waals surface area (Å²) < 4.78 is 20.8. The Morgan fingerprint density at radius 1 is 1.10 bits per heavy atom. The number of benzene rings is 1. The van der Waals surface area contributed by atoms with Gasteiger partial charge < -0.3 is 23.9 Å². The predicted molar refractivity (Wildman–Crippen MR) is 116 cm³/mol. The lowest BCUT2D eigenvalue weighted by molar-refractivity contribution is -0.136. The third-order valence-corrected chi connectivity index (χ3v) is 5.01. The Balaban J connectivity index is 2.15. The van der Waals surface area contributed by atoms with Gasteiger partial charge in [0, 0.05) is 28.4 Å². The van der Waals surface area contributed by atoms with Gasteiger partial charge in [-0.15, -0.1) is 0 Å². The Morgan fingerprint density at radius 2 is 1.81 bits per heavy atom. The number of ether oxygens (including phenoxy) is 3. The second-order valence-corrected chi connectivity index (χ2v) is 6.87. The zero-order valence-electron chi connectivity index (χ0n) is 18.0. The average Bonchev–Trinajstić information content (AvgIpc) is 2.76. The maximum atomic E-state index is 12.5. The molecule has 1 aromatic carbocycles. The summed E-state index contributed by atoms with van der Waals surface area (Å²) >= 11 is 0. The van der Waals surface area contributed by atoms with E-state index in [2.05, 4.69) is 23.7 Å². The van der Waals surface area contributed by atoms with Crippen LogP contribution in [0, 0.1) is 17.8 Å². The van der Waals surface area contributed by atoms with Crippen LogP contribution in [0.25, 0.3) is 11.0 Å². The van der Waals surface area contributed by atoms with Crippen molar-refractivity contribution >= 4 is 16.9 Å². The van der Waals surface area contributed by atoms with Crippen LogP contribution >= 0.6 is 0 Å². The van der Waals surface area contributed by atoms with Gasteiger partial charge in [-0.05, 0) is 32.0 Å². The third-order valence-electron chi connectivity index (χ3n) is 5.01. The molecule has 160 valence electrons. The molecule has 0 fully saturated rings. The minimum Gasteiger partial charge on any atom is -0.497 e. The van der Waals surface area contributed by atoms with Crippen LogP contribution in [0.3, 0.4) is 0 Å². The molecule has 0 saturated heterocycles. The van der Waals surface area contributed by atoms with Crippen molar-refractivity contribution in [2.75, 3.05) is 21.3 Å². The zero-order chi connectivity index (χ0) is 22.7. The number of allylic oxidation sites excluding steroid dienone is 3. The first kappa shape index (κ1) is 21.8. The summed E-state index contributed by atoms with van der Waals surface area (Å²) in [5.41, 5.74) is 2.25. The van der Waals surface area contributed by atoms with E-state index in [1.165, 1.54) is 21.3 Å². The largest absolute Gasteiger partial charge is 0.497 e. The smallest absolute Gasteiger partial charge is 0.352 e. The van der Waals surface area contributed by atoms with Crippen molar-refractivity contribution in [3.8, 4) is 17.6 Å². The van der Waals surface area contributed by atoms with Gasteiger partial charge in [0.25, 0.3) is 0 Å². The molecule has 7 heteroatoms. The molecule has 1 aromatic heterocycles. The lowest BCUT2D eigenvalue weighted by Gasteiger charge is -2.28. The van der Waals surface area contributed by atoms with E-state index in [1.54, 1.807) is 31.2 Å². The Morgan fingerprint density at radius 3 is 2.45 bits per heavy atom. The predicted octanol–water partition coefficient (Wildman–Crippen LogP) is 3.25. The first-order chi connectivity index (χ1) is 14.8. The monoisotopic (exact) mass is 421 g/mol. The summed E-state index contributed by atoms with van der Waals surface area (Å²) in [6, 6.07) is 6.82. The van der Waals surface area contributed by atoms with Crippen molar-refractivity contribution in [1.82, 2.24) is 5.32 Å². The Bertz CT molecular complexity index is 1210. The first-order valence-corrected chi connectivity index (χ1v) is 9.44. The van der Waals surface area contributed by atoms with E-state index in [0.717, 1.165) is 5.70 Å². The molecule has 1 aliphatic heterocycles. The van der Waals surface area contributed by atoms with Gasteiger partial charge in [0.2, 0.25) is 0 Å². The van der Waals surface area contributed by atoms with E-state index in [0.29, 0.717) is 39.3 Å². The number of carbonyl (C=O) groups excluding carboxylic acids is 1. The molecular weight excluding hydrogens is 398 g/mol. The standard InChI is InChI=1S/C24H23NO6/c1-13-21(15(3)28-4)19(22(14(2)25-13)24(27)30-6)10-8-17-11-16-7-9-18(29-5)12-20(16)31-23(17)26/h7,9,11-12,19,25H,3H2,1-2,4-6H3. The number of methoxy groups -OCH3 is 3. The lowest BCUT2D eigenvalue weighted by Crippen LogP contribution is -2.30. The van der Waals surface area contributed by atoms with Crippen LogP contribution in [0.4, 0.5) is 0 Å². The topological polar surface area (TPSA) is 87.0 Å². The van der Waals surface area contributed by atoms with Crippen molar-refractivity contribution in [3.63, 3.8) is 0 Å². The quantitative estimate of drug-likeness (QED) is 0.351. The molecule has 0 saturated carbocycles. The number of rotatable bonds is 4. The summed E-state index contributed by atoms with van der Waals surface area (Å²) in [6.45, 7) is 7.51. The Labute approximate surface area is 180 Å². The molecule has 1 atom stereocenters. The molecule has 0 amide bonds. The maximum Gasteiger partial charge on any atom is 0.352 e. The molecule has 7 nitrogen and oxygen atoms in total. The number of carbonyl (C=O) groups is 1. The summed E-state index contributed by atoms with van der Waals surface area (Å²) in [5.74, 6) is 5.60. The molecule has 1 unspecified atom stereocenters. The van der Waals surface area contributed by atoms with Crippen molar-refractivity contribution in [1.29, 1.82) is 0 Å². The molecular formula is C24H23NO6. The van der Waals surface area contributed by atoms with Gasteiger partial charge in [0.1, 0.15) is 22.7 Å². The molecule has 1 N–H and O–H groups in total. The van der Waals surface area contributed by atoms with E-state index >= 15 is 0 Å². The number of esters is 1. The van der Waals surface area contributed by atoms with E-state index in [-0.39, 0.29) is 5.56 Å². The summed E-state index contributed by atoms with van der Waals surface area (Å²) in [5, 5.41) is 3.84. The summed E-state index contributed by atoms with van der Waals surface area (Å²) in [4.78, 5) is 25.0. The van der Waals surface area contributed by atoms with E-state index in [4.69, 9.17) is 18.6 Å². The van der Waals surface area contributed by atoms with Crippen LogP contribution in [0.15, 0.2) is 68.4 Å². The molecule has 0 aliphatic carbocycles. The molecule has 2 heterocycles. The van der Waals surface area contributed by atoms with Crippen LogP contribution in [-0.2, 0) is 14.3 Å². The minimum absolute atomic E-state index is 0.165. The highest BCUT2D eigenvalue weighted by Gasteiger charge is 2.33. The molecule has 2 aromatic rings. The molecule has 3 rings (SSSR count). The summed E-state index contributed by atoms with van der Waals surface area (Å²) in [7, 11) is 4.32. The first-order valence-electron chi connectivity index (χ1n) is 9.44. The normalized spacial score (nSPS) is 15.7. The Kier molecular flexibility index (Phi) is 6.21. The summed E-state index contributed by atoms with van der Waals surface area (Å²) in [6.07, 6.45) is 0. The van der Waals surface area contributed by atoms with E-state index in [1.807, 2.05) is 6.92 Å². The van der Waals surface area contributed by atoms with Crippen LogP contribution in [-0.4, -0.2) is 27.3 Å². The fourth-order valence-electron chi connectivity index (χ4n) is 3.45. The van der Waals surface area contributed by atoms with Gasteiger partial charge in [-0.2, -0.15) is 0 Å². The SMILES string of the molecule is C=C(OC)C1=C(C)NC(C)=C(C(=O)OC)C1C#Cc1cc2ccc(OC)cc2oc1=O. The van der Waals surface area contributed by atoms with Gasteiger partial charge >= 0.3 is 11.6 Å². The van der Waals surface area contributed by atoms with Crippen LogP contribution < -0.4 is 15.7 Å². The molecule has 1 aliphatic rings. The van der Waals surface area contributed by atoms with Gasteiger partial charge in [-0.1, -0.05) is 18.4 Å². The number of hydrogen-bond donors (Lipinski definition) is 1. The third kappa shape index (κ3) is 4.19. The van der Waals surface area contributed by atoms with Gasteiger partial charge in [-0.3, -0.25) is 0 Å². The highest BCUT2D eigenvalue weighted by Crippen LogP contribution is 2.34. The van der Waals surface area contributed by atoms with Gasteiger partial charge in [-0.25, -0.2) is 9.59 Å². The number of dihydropyridines is 1. The van der Waals surface area contributed by atoms with Gasteiger partial charge in [0.15, 0.2) is 0 Å². The fourth-order valence-corrected chi connectivity index (χ4v) is 3.45. The second-order valence-electron chi connectivity index (χ2n) is 6.87. The number of nitrogens with one attached hydrogen (secondary N) is 1. The lowest BCUT2D eigenvalue weighted by atomic mass is 9.85. The van der Waals surface area contributed by atoms with Gasteiger partial charge in [0.05, 0.1) is 32.8 Å². The highest BCUT2D eigenvalue weighted by atomic mass is 16.5. The molecule has 0 radical (unpaired) electrons. The second kappa shape index (κ2) is 8.84. The number of fused-ring (bicyclic) bond motifs is 1. The molecule has 31 heavy (non-hydrogen) atoms. The van der Waals surface area contributed by atoms with Crippen molar-refractivity contribution < 1.29 is 23.4 Å². The average molecular weight is 421 g/mol. The molecule has 0 bridgehead atoms. The highest BCUT2D eigenvalue weighted by molar-refractivity contribution is 5.92. The molecule has 0 spiro atoms.